The fourth-order valence-electron chi connectivity index (χ4n) is 2.13. The first-order chi connectivity index (χ1) is 10.8. The van der Waals surface area contributed by atoms with Crippen molar-refractivity contribution in [2.45, 2.75) is 24.9 Å². The molecule has 0 N–H and O–H groups in total. The summed E-state index contributed by atoms with van der Waals surface area (Å²) in [5, 5.41) is 6.08. The number of benzene rings is 1. The lowest BCUT2D eigenvalue weighted by Crippen LogP contribution is -2.03. The smallest absolute Gasteiger partial charge is 0.305 e. The summed E-state index contributed by atoms with van der Waals surface area (Å²) in [6.07, 6.45) is 2.85. The minimum Gasteiger partial charge on any atom is -0.466 e. The van der Waals surface area contributed by atoms with E-state index in [1.54, 1.807) is 10.8 Å². The minimum atomic E-state index is -0.152. The van der Waals surface area contributed by atoms with Gasteiger partial charge in [-0.1, -0.05) is 23.9 Å². The second-order valence-corrected chi connectivity index (χ2v) is 5.74. The Bertz CT molecular complexity index is 802. The van der Waals surface area contributed by atoms with E-state index >= 15 is 0 Å². The molecule has 0 saturated carbocycles. The van der Waals surface area contributed by atoms with Gasteiger partial charge in [-0.05, 0) is 25.5 Å². The molecule has 114 valence electrons. The largest absolute Gasteiger partial charge is 0.466 e. The molecular weight excluding hydrogens is 300 g/mol. The quantitative estimate of drug-likeness (QED) is 0.396. The van der Waals surface area contributed by atoms with Gasteiger partial charge in [-0.25, -0.2) is 14.5 Å². The van der Waals surface area contributed by atoms with Crippen molar-refractivity contribution in [3.8, 4) is 0 Å². The number of hydrogen-bond acceptors (Lipinski definition) is 6. The van der Waals surface area contributed by atoms with Crippen LogP contribution in [0.1, 0.15) is 19.8 Å². The van der Waals surface area contributed by atoms with E-state index in [4.69, 9.17) is 4.74 Å². The van der Waals surface area contributed by atoms with Gasteiger partial charge in [0.1, 0.15) is 6.33 Å². The molecule has 0 fully saturated rings. The van der Waals surface area contributed by atoms with Crippen LogP contribution in [0.3, 0.4) is 0 Å². The molecule has 0 radical (unpaired) electrons. The molecule has 3 rings (SSSR count). The molecule has 0 aliphatic rings. The number of para-hydroxylation sites is 1. The average molecular weight is 316 g/mol. The Kier molecular flexibility index (Phi) is 4.53. The first-order valence-electron chi connectivity index (χ1n) is 7.16. The van der Waals surface area contributed by atoms with Crippen LogP contribution in [0, 0.1) is 0 Å². The van der Waals surface area contributed by atoms with Crippen LogP contribution in [0.2, 0.25) is 0 Å². The van der Waals surface area contributed by atoms with Crippen molar-refractivity contribution < 1.29 is 9.53 Å². The lowest BCUT2D eigenvalue weighted by Gasteiger charge is -1.99. The van der Waals surface area contributed by atoms with Crippen molar-refractivity contribution in [3.63, 3.8) is 0 Å². The highest BCUT2D eigenvalue weighted by molar-refractivity contribution is 7.99. The van der Waals surface area contributed by atoms with Crippen molar-refractivity contribution in [3.05, 3.63) is 30.6 Å². The van der Waals surface area contributed by atoms with Gasteiger partial charge in [0.05, 0.1) is 12.1 Å². The number of aromatic nitrogens is 4. The van der Waals surface area contributed by atoms with Gasteiger partial charge in [0.15, 0.2) is 5.65 Å². The fraction of sp³-hybridized carbons (Fsp3) is 0.333. The third-order valence-electron chi connectivity index (χ3n) is 3.12. The fourth-order valence-corrected chi connectivity index (χ4v) is 2.90. The molecular formula is C15H16N4O2S. The number of rotatable bonds is 6. The van der Waals surface area contributed by atoms with E-state index in [1.807, 2.05) is 31.2 Å². The van der Waals surface area contributed by atoms with E-state index in [0.717, 1.165) is 28.7 Å². The Labute approximate surface area is 131 Å². The maximum Gasteiger partial charge on any atom is 0.305 e. The van der Waals surface area contributed by atoms with E-state index in [9.17, 15) is 4.79 Å². The monoisotopic (exact) mass is 316 g/mol. The minimum absolute atomic E-state index is 0.152. The molecule has 0 spiro atoms. The summed E-state index contributed by atoms with van der Waals surface area (Å²) in [6.45, 7) is 2.24. The van der Waals surface area contributed by atoms with Crippen LogP contribution >= 0.6 is 11.8 Å². The van der Waals surface area contributed by atoms with Gasteiger partial charge in [-0.3, -0.25) is 4.79 Å². The maximum absolute atomic E-state index is 11.3. The second kappa shape index (κ2) is 6.74. The third-order valence-corrected chi connectivity index (χ3v) is 4.05. The molecule has 0 aliphatic heterocycles. The van der Waals surface area contributed by atoms with E-state index in [1.165, 1.54) is 11.8 Å². The molecule has 0 unspecified atom stereocenters. The molecule has 0 saturated heterocycles. The molecule has 2 aromatic heterocycles. The predicted molar refractivity (Wildman–Crippen MR) is 84.9 cm³/mol. The molecule has 0 aliphatic carbocycles. The molecule has 22 heavy (non-hydrogen) atoms. The normalized spacial score (nSPS) is 11.1. The number of ether oxygens (including phenoxy) is 1. The number of carbonyl (C=O) groups excluding carboxylic acids is 1. The predicted octanol–water partition coefficient (Wildman–Crippen LogP) is 2.71. The van der Waals surface area contributed by atoms with Crippen LogP contribution in [0.4, 0.5) is 0 Å². The van der Waals surface area contributed by atoms with Crippen molar-refractivity contribution in [2.24, 2.45) is 0 Å². The van der Waals surface area contributed by atoms with Gasteiger partial charge >= 0.3 is 5.97 Å². The number of fused-ring (bicyclic) bond motifs is 3. The molecule has 0 atom stereocenters. The molecule has 7 heteroatoms. The lowest BCUT2D eigenvalue weighted by molar-refractivity contribution is -0.143. The Balaban J connectivity index is 1.68. The van der Waals surface area contributed by atoms with E-state index < -0.39 is 0 Å². The first kappa shape index (κ1) is 14.8. The standard InChI is InChI=1S/C15H16N4O2S/c1-2-21-13(20)8-5-9-22-15-17-14-11-6-3-4-7-12(11)16-10-19(14)18-15/h3-4,6-7,10H,2,5,8-9H2,1H3. The highest BCUT2D eigenvalue weighted by atomic mass is 32.2. The van der Waals surface area contributed by atoms with Gasteiger partial charge in [-0.15, -0.1) is 5.10 Å². The Morgan fingerprint density at radius 1 is 1.36 bits per heavy atom. The Morgan fingerprint density at radius 2 is 2.23 bits per heavy atom. The summed E-state index contributed by atoms with van der Waals surface area (Å²) < 4.78 is 6.59. The average Bonchev–Trinajstić information content (AvgIpc) is 2.95. The van der Waals surface area contributed by atoms with E-state index in [2.05, 4.69) is 15.1 Å². The van der Waals surface area contributed by atoms with Crippen LogP contribution in [0.15, 0.2) is 35.7 Å². The molecule has 6 nitrogen and oxygen atoms in total. The van der Waals surface area contributed by atoms with E-state index in [-0.39, 0.29) is 5.97 Å². The Morgan fingerprint density at radius 3 is 3.09 bits per heavy atom. The summed E-state index contributed by atoms with van der Waals surface area (Å²) >= 11 is 1.54. The van der Waals surface area contributed by atoms with Crippen LogP contribution in [-0.2, 0) is 9.53 Å². The van der Waals surface area contributed by atoms with Crippen LogP contribution in [0.5, 0.6) is 0 Å². The van der Waals surface area contributed by atoms with Crippen molar-refractivity contribution in [2.75, 3.05) is 12.4 Å². The van der Waals surface area contributed by atoms with Crippen LogP contribution in [-0.4, -0.2) is 37.9 Å². The SMILES string of the molecule is CCOC(=O)CCCSc1nc2c3ccccc3ncn2n1. The zero-order valence-electron chi connectivity index (χ0n) is 12.2. The van der Waals surface area contributed by atoms with Gasteiger partial charge in [0.2, 0.25) is 5.16 Å². The van der Waals surface area contributed by atoms with Crippen molar-refractivity contribution in [1.29, 1.82) is 0 Å². The summed E-state index contributed by atoms with van der Waals surface area (Å²) in [5.74, 6) is 0.627. The van der Waals surface area contributed by atoms with Crippen LogP contribution < -0.4 is 0 Å². The zero-order chi connectivity index (χ0) is 15.4. The van der Waals surface area contributed by atoms with Crippen LogP contribution in [0.25, 0.3) is 16.6 Å². The molecule has 1 aromatic carbocycles. The number of thioether (sulfide) groups is 1. The number of hydrogen-bond donors (Lipinski definition) is 0. The highest BCUT2D eigenvalue weighted by Gasteiger charge is 2.09. The third kappa shape index (κ3) is 3.19. The summed E-state index contributed by atoms with van der Waals surface area (Å²) in [7, 11) is 0. The first-order valence-corrected chi connectivity index (χ1v) is 8.15. The molecule has 3 aromatic rings. The topological polar surface area (TPSA) is 69.4 Å². The van der Waals surface area contributed by atoms with E-state index in [0.29, 0.717) is 18.2 Å². The van der Waals surface area contributed by atoms with Crippen molar-refractivity contribution >= 4 is 34.3 Å². The van der Waals surface area contributed by atoms with Gasteiger partial charge in [-0.2, -0.15) is 0 Å². The summed E-state index contributed by atoms with van der Waals surface area (Å²) in [5.41, 5.74) is 1.71. The van der Waals surface area contributed by atoms with Crippen molar-refractivity contribution in [1.82, 2.24) is 19.6 Å². The van der Waals surface area contributed by atoms with Gasteiger partial charge in [0, 0.05) is 17.6 Å². The molecule has 0 amide bonds. The lowest BCUT2D eigenvalue weighted by atomic mass is 10.2. The molecule has 2 heterocycles. The highest BCUT2D eigenvalue weighted by Crippen LogP contribution is 2.20. The zero-order valence-corrected chi connectivity index (χ0v) is 13.0. The summed E-state index contributed by atoms with van der Waals surface area (Å²) in [6, 6.07) is 7.86. The number of carbonyl (C=O) groups is 1. The van der Waals surface area contributed by atoms with Gasteiger partial charge in [0.25, 0.3) is 0 Å². The Hall–Kier alpha value is -2.15. The maximum atomic E-state index is 11.3. The van der Waals surface area contributed by atoms with Gasteiger partial charge < -0.3 is 4.74 Å². The second-order valence-electron chi connectivity index (χ2n) is 4.68. The molecule has 0 bridgehead atoms. The number of nitrogens with zero attached hydrogens (tertiary/aromatic N) is 4. The summed E-state index contributed by atoms with van der Waals surface area (Å²) in [4.78, 5) is 20.2. The number of esters is 1.